The van der Waals surface area contributed by atoms with Crippen molar-refractivity contribution in [3.8, 4) is 0 Å². The molecule has 0 radical (unpaired) electrons. The van der Waals surface area contributed by atoms with E-state index in [9.17, 15) is 0 Å². The third kappa shape index (κ3) is 1.65. The van der Waals surface area contributed by atoms with Crippen LogP contribution in [-0.2, 0) is 7.05 Å². The van der Waals surface area contributed by atoms with Crippen molar-refractivity contribution in [1.29, 1.82) is 0 Å². The van der Waals surface area contributed by atoms with Gasteiger partial charge in [0.15, 0.2) is 0 Å². The Morgan fingerprint density at radius 2 is 2.43 bits per heavy atom. The maximum absolute atomic E-state index is 5.47. The Morgan fingerprint density at radius 3 is 2.93 bits per heavy atom. The van der Waals surface area contributed by atoms with Gasteiger partial charge in [-0.25, -0.2) is 5.43 Å². The first kappa shape index (κ1) is 9.25. The second kappa shape index (κ2) is 3.82. The van der Waals surface area contributed by atoms with E-state index in [2.05, 4.69) is 20.1 Å². The van der Waals surface area contributed by atoms with Gasteiger partial charge in [0.2, 0.25) is 0 Å². The molecule has 2 aromatic rings. The Balaban J connectivity index is 2.31. The third-order valence-corrected chi connectivity index (χ3v) is 2.62. The van der Waals surface area contributed by atoms with Gasteiger partial charge in [0, 0.05) is 18.8 Å². The normalized spacial score (nSPS) is 13.0. The van der Waals surface area contributed by atoms with Crippen molar-refractivity contribution < 1.29 is 0 Å². The van der Waals surface area contributed by atoms with Gasteiger partial charge in [-0.2, -0.15) is 5.10 Å². The van der Waals surface area contributed by atoms with Gasteiger partial charge in [-0.1, -0.05) is 4.49 Å². The molecule has 2 heterocycles. The van der Waals surface area contributed by atoms with E-state index < -0.39 is 0 Å². The fourth-order valence-electron chi connectivity index (χ4n) is 1.23. The summed E-state index contributed by atoms with van der Waals surface area (Å²) >= 11 is 1.32. The number of hydrogen-bond donors (Lipinski definition) is 2. The molecular weight excluding hydrogens is 200 g/mol. The summed E-state index contributed by atoms with van der Waals surface area (Å²) in [4.78, 5) is 0.973. The molecule has 0 aliphatic rings. The molecule has 2 rings (SSSR count). The Kier molecular flexibility index (Phi) is 2.53. The van der Waals surface area contributed by atoms with Crippen LogP contribution in [-0.4, -0.2) is 19.4 Å². The van der Waals surface area contributed by atoms with Crippen molar-refractivity contribution in [3.63, 3.8) is 0 Å². The molecule has 3 N–H and O–H groups in total. The topological polar surface area (TPSA) is 81.7 Å². The quantitative estimate of drug-likeness (QED) is 0.542. The maximum atomic E-state index is 5.47. The molecule has 1 unspecified atom stereocenters. The standard InChI is InChI=1S/C7H10N6S/c1-13-4-5(2-10-13)7(11-8)6-3-9-12-14-6/h2-4,7,11H,8H2,1H3. The van der Waals surface area contributed by atoms with E-state index >= 15 is 0 Å². The van der Waals surface area contributed by atoms with Gasteiger partial charge in [-0.3, -0.25) is 10.5 Å². The van der Waals surface area contributed by atoms with Gasteiger partial charge < -0.3 is 0 Å². The van der Waals surface area contributed by atoms with Crippen molar-refractivity contribution in [1.82, 2.24) is 24.8 Å². The lowest BCUT2D eigenvalue weighted by molar-refractivity contribution is 0.644. The maximum Gasteiger partial charge on any atom is 0.0865 e. The van der Waals surface area contributed by atoms with Crippen LogP contribution in [0.15, 0.2) is 18.6 Å². The highest BCUT2D eigenvalue weighted by Crippen LogP contribution is 2.21. The van der Waals surface area contributed by atoms with Crippen LogP contribution in [0.4, 0.5) is 0 Å². The average Bonchev–Trinajstić information content (AvgIpc) is 2.79. The van der Waals surface area contributed by atoms with E-state index in [4.69, 9.17) is 5.84 Å². The molecule has 0 fully saturated rings. The van der Waals surface area contributed by atoms with Gasteiger partial charge in [0.1, 0.15) is 0 Å². The zero-order valence-electron chi connectivity index (χ0n) is 7.58. The van der Waals surface area contributed by atoms with Crippen molar-refractivity contribution >= 4 is 11.5 Å². The molecule has 0 saturated carbocycles. The lowest BCUT2D eigenvalue weighted by atomic mass is 10.1. The Hall–Kier alpha value is -1.31. The number of nitrogens with zero attached hydrogens (tertiary/aromatic N) is 4. The van der Waals surface area contributed by atoms with E-state index in [1.165, 1.54) is 11.5 Å². The molecule has 0 aliphatic heterocycles. The molecule has 6 nitrogen and oxygen atoms in total. The minimum atomic E-state index is -0.0799. The van der Waals surface area contributed by atoms with Crippen LogP contribution < -0.4 is 11.3 Å². The molecule has 7 heteroatoms. The average molecular weight is 210 g/mol. The molecule has 0 aliphatic carbocycles. The zero-order valence-corrected chi connectivity index (χ0v) is 8.40. The van der Waals surface area contributed by atoms with Gasteiger partial charge in [0.25, 0.3) is 0 Å². The smallest absolute Gasteiger partial charge is 0.0865 e. The zero-order chi connectivity index (χ0) is 9.97. The van der Waals surface area contributed by atoms with E-state index in [0.29, 0.717) is 0 Å². The number of hydrazine groups is 1. The summed E-state index contributed by atoms with van der Waals surface area (Å²) in [6, 6.07) is -0.0799. The Labute approximate surface area is 84.9 Å². The van der Waals surface area contributed by atoms with Gasteiger partial charge in [-0.15, -0.1) is 5.10 Å². The van der Waals surface area contributed by atoms with Gasteiger partial charge >= 0.3 is 0 Å². The van der Waals surface area contributed by atoms with Crippen molar-refractivity contribution in [2.45, 2.75) is 6.04 Å². The van der Waals surface area contributed by atoms with Crippen LogP contribution >= 0.6 is 11.5 Å². The largest absolute Gasteiger partial charge is 0.275 e. The number of rotatable bonds is 3. The number of hydrogen-bond acceptors (Lipinski definition) is 6. The molecule has 0 amide bonds. The highest BCUT2D eigenvalue weighted by Gasteiger charge is 2.15. The minimum Gasteiger partial charge on any atom is -0.275 e. The number of aryl methyl sites for hydroxylation is 1. The summed E-state index contributed by atoms with van der Waals surface area (Å²) < 4.78 is 5.52. The summed E-state index contributed by atoms with van der Waals surface area (Å²) in [6.45, 7) is 0. The first-order valence-corrected chi connectivity index (χ1v) is 4.80. The van der Waals surface area contributed by atoms with E-state index in [1.54, 1.807) is 17.1 Å². The van der Waals surface area contributed by atoms with Crippen LogP contribution in [0.3, 0.4) is 0 Å². The van der Waals surface area contributed by atoms with Crippen molar-refractivity contribution in [2.24, 2.45) is 12.9 Å². The summed E-state index contributed by atoms with van der Waals surface area (Å²) in [7, 11) is 1.86. The predicted octanol–water partition coefficient (Wildman–Crippen LogP) is -0.176. The van der Waals surface area contributed by atoms with Crippen LogP contribution in [0, 0.1) is 0 Å². The molecular formula is C7H10N6S. The van der Waals surface area contributed by atoms with Crippen molar-refractivity contribution in [3.05, 3.63) is 29.0 Å². The second-order valence-electron chi connectivity index (χ2n) is 2.87. The Bertz CT molecular complexity index is 394. The first-order valence-electron chi connectivity index (χ1n) is 4.03. The van der Waals surface area contributed by atoms with Crippen LogP contribution in [0.5, 0.6) is 0 Å². The van der Waals surface area contributed by atoms with Crippen LogP contribution in [0.25, 0.3) is 0 Å². The molecule has 2 aromatic heterocycles. The lowest BCUT2D eigenvalue weighted by Crippen LogP contribution is -2.27. The SMILES string of the molecule is Cn1cc(C(NN)c2cnns2)cn1. The van der Waals surface area contributed by atoms with Gasteiger partial charge in [-0.05, 0) is 11.5 Å². The van der Waals surface area contributed by atoms with Crippen LogP contribution in [0.2, 0.25) is 0 Å². The summed E-state index contributed by atoms with van der Waals surface area (Å²) in [5.41, 5.74) is 3.71. The fourth-order valence-corrected chi connectivity index (χ4v) is 1.83. The minimum absolute atomic E-state index is 0.0799. The molecule has 0 aromatic carbocycles. The lowest BCUT2D eigenvalue weighted by Gasteiger charge is -2.09. The predicted molar refractivity (Wildman–Crippen MR) is 52.3 cm³/mol. The summed E-state index contributed by atoms with van der Waals surface area (Å²) in [6.07, 6.45) is 5.37. The molecule has 0 spiro atoms. The van der Waals surface area contributed by atoms with Crippen LogP contribution in [0.1, 0.15) is 16.5 Å². The number of aromatic nitrogens is 4. The molecule has 0 bridgehead atoms. The van der Waals surface area contributed by atoms with Crippen molar-refractivity contribution in [2.75, 3.05) is 0 Å². The number of nitrogens with one attached hydrogen (secondary N) is 1. The molecule has 74 valence electrons. The molecule has 14 heavy (non-hydrogen) atoms. The second-order valence-corrected chi connectivity index (χ2v) is 3.68. The number of nitrogens with two attached hydrogens (primary N) is 1. The first-order chi connectivity index (χ1) is 6.81. The van der Waals surface area contributed by atoms with Gasteiger partial charge in [0.05, 0.1) is 23.3 Å². The van der Waals surface area contributed by atoms with E-state index in [0.717, 1.165) is 10.4 Å². The van der Waals surface area contributed by atoms with E-state index in [-0.39, 0.29) is 6.04 Å². The molecule has 0 saturated heterocycles. The Morgan fingerprint density at radius 1 is 1.57 bits per heavy atom. The van der Waals surface area contributed by atoms with E-state index in [1.807, 2.05) is 13.2 Å². The summed E-state index contributed by atoms with van der Waals surface area (Å²) in [5.74, 6) is 5.47. The third-order valence-electron chi connectivity index (χ3n) is 1.89. The highest BCUT2D eigenvalue weighted by molar-refractivity contribution is 7.05. The highest BCUT2D eigenvalue weighted by atomic mass is 32.1. The fraction of sp³-hybridized carbons (Fsp3) is 0.286. The summed E-state index contributed by atoms with van der Waals surface area (Å²) in [5, 5.41) is 7.85. The monoisotopic (exact) mass is 210 g/mol. The molecule has 1 atom stereocenters.